The first-order valence-electron chi connectivity index (χ1n) is 7.81. The van der Waals surface area contributed by atoms with Crippen molar-refractivity contribution in [2.24, 2.45) is 11.7 Å². The standard InChI is InChI=1S/C14H22N6O4/c1-24-12(21)8-18-14-17-7-11(20(22)23)13(19-14)16-6-9-2-4-10(15)5-3-9/h7,9-10H,2-6,8,15H2,1H3,(H2,16,17,18,19)/t9-,10-. The number of esters is 1. The van der Waals surface area contributed by atoms with Gasteiger partial charge in [-0.2, -0.15) is 4.98 Å². The molecule has 0 bridgehead atoms. The average Bonchev–Trinajstić information content (AvgIpc) is 2.59. The van der Waals surface area contributed by atoms with Gasteiger partial charge in [-0.25, -0.2) is 4.98 Å². The van der Waals surface area contributed by atoms with Crippen LogP contribution in [0.25, 0.3) is 0 Å². The summed E-state index contributed by atoms with van der Waals surface area (Å²) in [7, 11) is 1.27. The minimum absolute atomic E-state index is 0.117. The number of ether oxygens (including phenoxy) is 1. The Morgan fingerprint density at radius 2 is 2.12 bits per heavy atom. The first kappa shape index (κ1) is 17.9. The number of nitrogens with one attached hydrogen (secondary N) is 2. The maximum absolute atomic E-state index is 11.1. The predicted molar refractivity (Wildman–Crippen MR) is 87.6 cm³/mol. The molecule has 0 aromatic carbocycles. The molecule has 132 valence electrons. The molecule has 0 atom stereocenters. The van der Waals surface area contributed by atoms with Gasteiger partial charge in [0.15, 0.2) is 0 Å². The molecule has 1 fully saturated rings. The number of nitrogens with zero attached hydrogens (tertiary/aromatic N) is 3. The van der Waals surface area contributed by atoms with Crippen LogP contribution in [0.1, 0.15) is 25.7 Å². The van der Waals surface area contributed by atoms with Crippen LogP contribution in [-0.4, -0.2) is 47.1 Å². The fourth-order valence-corrected chi connectivity index (χ4v) is 2.58. The lowest BCUT2D eigenvalue weighted by atomic mass is 9.86. The summed E-state index contributed by atoms with van der Waals surface area (Å²) in [6, 6.07) is 0.253. The molecule has 1 aliphatic carbocycles. The van der Waals surface area contributed by atoms with Gasteiger partial charge in [0.25, 0.3) is 0 Å². The second-order valence-corrected chi connectivity index (χ2v) is 5.78. The quantitative estimate of drug-likeness (QED) is 0.375. The molecule has 0 amide bonds. The molecule has 1 aromatic heterocycles. The van der Waals surface area contributed by atoms with Crippen molar-refractivity contribution in [1.82, 2.24) is 9.97 Å². The van der Waals surface area contributed by atoms with Crippen LogP contribution < -0.4 is 16.4 Å². The van der Waals surface area contributed by atoms with E-state index in [1.54, 1.807) is 0 Å². The molecule has 0 radical (unpaired) electrons. The molecule has 0 saturated heterocycles. The van der Waals surface area contributed by atoms with Crippen molar-refractivity contribution >= 4 is 23.4 Å². The van der Waals surface area contributed by atoms with Crippen LogP contribution in [0.15, 0.2) is 6.20 Å². The number of nitro groups is 1. The summed E-state index contributed by atoms with van der Waals surface area (Å²) in [6.07, 6.45) is 5.01. The highest BCUT2D eigenvalue weighted by Crippen LogP contribution is 2.26. The number of hydrogen-bond donors (Lipinski definition) is 3. The van der Waals surface area contributed by atoms with E-state index in [2.05, 4.69) is 25.3 Å². The van der Waals surface area contributed by atoms with E-state index in [1.807, 2.05) is 0 Å². The monoisotopic (exact) mass is 338 g/mol. The smallest absolute Gasteiger partial charge is 0.329 e. The number of hydrogen-bond acceptors (Lipinski definition) is 9. The molecule has 0 unspecified atom stereocenters. The number of methoxy groups -OCH3 is 1. The Morgan fingerprint density at radius 1 is 1.42 bits per heavy atom. The Bertz CT molecular complexity index is 589. The van der Waals surface area contributed by atoms with Crippen LogP contribution in [0.4, 0.5) is 17.5 Å². The third kappa shape index (κ3) is 5.01. The maximum atomic E-state index is 11.1. The molecule has 2 rings (SSSR count). The third-order valence-corrected chi connectivity index (χ3v) is 4.03. The molecule has 4 N–H and O–H groups in total. The molecular weight excluding hydrogens is 316 g/mol. The van der Waals surface area contributed by atoms with Gasteiger partial charge in [-0.05, 0) is 31.6 Å². The van der Waals surface area contributed by atoms with E-state index in [1.165, 1.54) is 7.11 Å². The number of rotatable bonds is 7. The fourth-order valence-electron chi connectivity index (χ4n) is 2.58. The van der Waals surface area contributed by atoms with Gasteiger partial charge in [0, 0.05) is 12.6 Å². The Morgan fingerprint density at radius 3 is 2.75 bits per heavy atom. The summed E-state index contributed by atoms with van der Waals surface area (Å²) in [5.74, 6) is 0.187. The molecule has 10 heteroatoms. The molecule has 10 nitrogen and oxygen atoms in total. The van der Waals surface area contributed by atoms with Crippen molar-refractivity contribution < 1.29 is 14.5 Å². The second kappa shape index (κ2) is 8.39. The molecule has 24 heavy (non-hydrogen) atoms. The molecule has 1 saturated carbocycles. The summed E-state index contributed by atoms with van der Waals surface area (Å²) in [5, 5.41) is 16.8. The number of aromatic nitrogens is 2. The molecule has 1 heterocycles. The molecule has 0 aliphatic heterocycles. The molecule has 1 aromatic rings. The second-order valence-electron chi connectivity index (χ2n) is 5.78. The summed E-state index contributed by atoms with van der Waals surface area (Å²) in [4.78, 5) is 29.6. The van der Waals surface area contributed by atoms with E-state index in [0.717, 1.165) is 31.9 Å². The summed E-state index contributed by atoms with van der Waals surface area (Å²) < 4.78 is 4.51. The van der Waals surface area contributed by atoms with Crippen molar-refractivity contribution in [2.75, 3.05) is 30.8 Å². The fraction of sp³-hybridized carbons (Fsp3) is 0.643. The van der Waals surface area contributed by atoms with Crippen molar-refractivity contribution in [2.45, 2.75) is 31.7 Å². The zero-order valence-corrected chi connectivity index (χ0v) is 13.5. The van der Waals surface area contributed by atoms with Crippen molar-refractivity contribution in [3.05, 3.63) is 16.3 Å². The SMILES string of the molecule is COC(=O)CNc1ncc([N+](=O)[O-])c(NC[C@H]2CC[C@H](N)CC2)n1. The summed E-state index contributed by atoms with van der Waals surface area (Å²) in [6.45, 7) is 0.468. The first-order valence-corrected chi connectivity index (χ1v) is 7.81. The Labute approximate surface area is 139 Å². The lowest BCUT2D eigenvalue weighted by Gasteiger charge is -2.26. The number of anilines is 2. The number of carbonyl (C=O) groups excluding carboxylic acids is 1. The van der Waals surface area contributed by atoms with Gasteiger partial charge in [0.1, 0.15) is 12.7 Å². The van der Waals surface area contributed by atoms with Crippen LogP contribution in [0, 0.1) is 16.0 Å². The van der Waals surface area contributed by atoms with Gasteiger partial charge in [-0.1, -0.05) is 0 Å². The number of carbonyl (C=O) groups is 1. The highest BCUT2D eigenvalue weighted by Gasteiger charge is 2.21. The van der Waals surface area contributed by atoms with Gasteiger partial charge in [-0.15, -0.1) is 0 Å². The van der Waals surface area contributed by atoms with Crippen LogP contribution in [0.3, 0.4) is 0 Å². The minimum Gasteiger partial charge on any atom is -0.468 e. The normalized spacial score (nSPS) is 20.2. The number of nitrogens with two attached hydrogens (primary N) is 1. The zero-order chi connectivity index (χ0) is 17.5. The minimum atomic E-state index is -0.538. The lowest BCUT2D eigenvalue weighted by molar-refractivity contribution is -0.384. The Balaban J connectivity index is 2.01. The van der Waals surface area contributed by atoms with Gasteiger partial charge in [-0.3, -0.25) is 14.9 Å². The van der Waals surface area contributed by atoms with Crippen LogP contribution in [-0.2, 0) is 9.53 Å². The molecule has 0 spiro atoms. The highest BCUT2D eigenvalue weighted by molar-refractivity contribution is 5.74. The van der Waals surface area contributed by atoms with Crippen LogP contribution in [0.2, 0.25) is 0 Å². The predicted octanol–water partition coefficient (Wildman–Crippen LogP) is 0.899. The maximum Gasteiger partial charge on any atom is 0.329 e. The van der Waals surface area contributed by atoms with Crippen molar-refractivity contribution in [3.8, 4) is 0 Å². The molecule has 1 aliphatic rings. The van der Waals surface area contributed by atoms with Crippen LogP contribution in [0.5, 0.6) is 0 Å². The van der Waals surface area contributed by atoms with E-state index in [0.29, 0.717) is 12.5 Å². The largest absolute Gasteiger partial charge is 0.468 e. The van der Waals surface area contributed by atoms with Gasteiger partial charge in [0.2, 0.25) is 11.8 Å². The van der Waals surface area contributed by atoms with E-state index >= 15 is 0 Å². The van der Waals surface area contributed by atoms with Crippen LogP contribution >= 0.6 is 0 Å². The van der Waals surface area contributed by atoms with Gasteiger partial charge < -0.3 is 21.1 Å². The van der Waals surface area contributed by atoms with Crippen molar-refractivity contribution in [1.29, 1.82) is 0 Å². The average molecular weight is 338 g/mol. The van der Waals surface area contributed by atoms with E-state index < -0.39 is 10.9 Å². The van der Waals surface area contributed by atoms with E-state index in [-0.39, 0.29) is 30.0 Å². The van der Waals surface area contributed by atoms with E-state index in [9.17, 15) is 14.9 Å². The highest BCUT2D eigenvalue weighted by atomic mass is 16.6. The van der Waals surface area contributed by atoms with E-state index in [4.69, 9.17) is 5.73 Å². The van der Waals surface area contributed by atoms with Gasteiger partial charge >= 0.3 is 11.7 Å². The first-order chi connectivity index (χ1) is 11.5. The van der Waals surface area contributed by atoms with Gasteiger partial charge in [0.05, 0.1) is 12.0 Å². The zero-order valence-electron chi connectivity index (χ0n) is 13.5. The topological polar surface area (TPSA) is 145 Å². The molecular formula is C14H22N6O4. The summed E-state index contributed by atoms with van der Waals surface area (Å²) in [5.41, 5.74) is 5.68. The lowest BCUT2D eigenvalue weighted by Crippen LogP contribution is -2.29. The van der Waals surface area contributed by atoms with Crippen molar-refractivity contribution in [3.63, 3.8) is 0 Å². The summed E-state index contributed by atoms with van der Waals surface area (Å²) >= 11 is 0. The Hall–Kier alpha value is -2.49. The third-order valence-electron chi connectivity index (χ3n) is 4.03. The Kier molecular flexibility index (Phi) is 6.24.